The molecule has 0 N–H and O–H groups in total. The van der Waals surface area contributed by atoms with Gasteiger partial charge >= 0.3 is 250 Å². The summed E-state index contributed by atoms with van der Waals surface area (Å²) in [6.45, 7) is 0. The predicted octanol–water partition coefficient (Wildman–Crippen LogP) is -9.54. The summed E-state index contributed by atoms with van der Waals surface area (Å²) < 4.78 is 17.1. The van der Waals surface area contributed by atoms with Crippen LogP contribution in [0, 0.1) is 0 Å². The first kappa shape index (κ1) is 49.7. The van der Waals surface area contributed by atoms with E-state index >= 15 is 0 Å². The molecule has 0 unspecified atom stereocenters. The number of rotatable bonds is 0. The molecule has 0 aromatic heterocycles. The van der Waals surface area contributed by atoms with Gasteiger partial charge in [-0.05, 0) is 0 Å². The van der Waals surface area contributed by atoms with Crippen molar-refractivity contribution in [1.29, 1.82) is 0 Å². The minimum absolute atomic E-state index is 0. The maximum absolute atomic E-state index is 8.55. The molecular formula is H6Ca3O8P2Sr3. The van der Waals surface area contributed by atoms with E-state index in [-0.39, 0.29) is 250 Å². The molecule has 0 saturated carbocycles. The quantitative estimate of drug-likeness (QED) is 0.201. The molecular weight excluding hydrogens is 573 g/mol. The first-order chi connectivity index (χ1) is 4.00. The van der Waals surface area contributed by atoms with Gasteiger partial charge < -0.3 is 38.5 Å². The second-order valence-electron chi connectivity index (χ2n) is 0.894. The second kappa shape index (κ2) is 28.3. The van der Waals surface area contributed by atoms with Gasteiger partial charge in [0, 0.05) is 0 Å². The Labute approximate surface area is 294 Å². The fourth-order valence-electron chi connectivity index (χ4n) is 0. The number of hydrogen-bond donors (Lipinski definition) is 0. The van der Waals surface area contributed by atoms with Crippen molar-refractivity contribution in [3.05, 3.63) is 0 Å². The molecule has 8 nitrogen and oxygen atoms in total. The van der Waals surface area contributed by atoms with E-state index < -0.39 is 15.6 Å². The summed E-state index contributed by atoms with van der Waals surface area (Å²) in [5.41, 5.74) is 0. The van der Waals surface area contributed by atoms with Crippen molar-refractivity contribution >= 4 is 265 Å². The third-order valence-corrected chi connectivity index (χ3v) is 0. The summed E-state index contributed by atoms with van der Waals surface area (Å²) in [5, 5.41) is 0. The predicted molar refractivity (Wildman–Crippen MR) is 58.1 cm³/mol. The van der Waals surface area contributed by atoms with E-state index in [2.05, 4.69) is 0 Å². The van der Waals surface area contributed by atoms with Crippen LogP contribution in [0.5, 0.6) is 0 Å². The van der Waals surface area contributed by atoms with Crippen LogP contribution in [0.1, 0.15) is 0 Å². The number of phosphoric acid groups is 2. The molecule has 0 aromatic carbocycles. The van der Waals surface area contributed by atoms with Crippen LogP contribution in [-0.4, -0.2) is 250 Å². The summed E-state index contributed by atoms with van der Waals surface area (Å²) >= 11 is 0. The molecule has 0 heterocycles. The Bertz CT molecular complexity index is 141. The monoisotopic (exact) mass is 580 g/mol. The Morgan fingerprint density at radius 1 is 0.500 bits per heavy atom. The van der Waals surface area contributed by atoms with Gasteiger partial charge in [-0.2, -0.15) is 15.6 Å². The van der Waals surface area contributed by atoms with E-state index in [9.17, 15) is 0 Å². The van der Waals surface area contributed by atoms with Crippen molar-refractivity contribution in [2.24, 2.45) is 0 Å². The topological polar surface area (TPSA) is 172 Å². The normalized spacial score (nSPS) is 7.38. The van der Waals surface area contributed by atoms with Gasteiger partial charge in [-0.15, -0.1) is 0 Å². The fourth-order valence-corrected chi connectivity index (χ4v) is 0. The van der Waals surface area contributed by atoms with Gasteiger partial charge in [-0.1, -0.05) is 0 Å². The third-order valence-electron chi connectivity index (χ3n) is 0. The van der Waals surface area contributed by atoms with Crippen LogP contribution in [0.25, 0.3) is 0 Å². The van der Waals surface area contributed by atoms with Gasteiger partial charge in [-0.25, -0.2) is 0 Å². The SMILES string of the molecule is O=P([O-])([O-])[O-].O=P([O-])([O-])[O-].[Ca+2].[Ca+2].[Ca+2].[SrH2].[SrH2].[SrH2]. The molecule has 0 aliphatic heterocycles. The molecule has 0 spiro atoms. The molecule has 0 bridgehead atoms. The Balaban J connectivity index is -0.00000000970. The molecule has 16 heavy (non-hydrogen) atoms. The zero-order valence-corrected chi connectivity index (χ0v) is 14.7. The van der Waals surface area contributed by atoms with Gasteiger partial charge in [0.2, 0.25) is 0 Å². The molecule has 0 atom stereocenters. The Morgan fingerprint density at radius 2 is 0.500 bits per heavy atom. The fraction of sp³-hybridized carbons (Fsp3) is 0. The van der Waals surface area contributed by atoms with Crippen molar-refractivity contribution in [1.82, 2.24) is 0 Å². The van der Waals surface area contributed by atoms with Crippen LogP contribution in [0.4, 0.5) is 0 Å². The van der Waals surface area contributed by atoms with Crippen molar-refractivity contribution in [3.63, 3.8) is 0 Å². The molecule has 16 heteroatoms. The summed E-state index contributed by atoms with van der Waals surface area (Å²) in [4.78, 5) is 51.3. The van der Waals surface area contributed by atoms with Crippen molar-refractivity contribution in [2.75, 3.05) is 0 Å². The summed E-state index contributed by atoms with van der Waals surface area (Å²) in [6, 6.07) is 0. The minimum atomic E-state index is -5.39. The van der Waals surface area contributed by atoms with Crippen molar-refractivity contribution in [2.45, 2.75) is 0 Å². The molecule has 0 rings (SSSR count). The maximum atomic E-state index is 8.55. The van der Waals surface area contributed by atoms with Gasteiger partial charge in [0.1, 0.15) is 0 Å². The van der Waals surface area contributed by atoms with Gasteiger partial charge in [0.05, 0.1) is 0 Å². The van der Waals surface area contributed by atoms with Crippen LogP contribution in [0.15, 0.2) is 0 Å². The van der Waals surface area contributed by atoms with Crippen molar-refractivity contribution in [3.8, 4) is 0 Å². The molecule has 0 amide bonds. The second-order valence-corrected chi connectivity index (χ2v) is 2.68. The van der Waals surface area contributed by atoms with Gasteiger partial charge in [-0.3, -0.25) is 0 Å². The molecule has 0 aliphatic rings. The van der Waals surface area contributed by atoms with Crippen LogP contribution < -0.4 is 29.4 Å². The van der Waals surface area contributed by atoms with E-state index in [1.54, 1.807) is 0 Å². The van der Waals surface area contributed by atoms with Crippen LogP contribution >= 0.6 is 15.6 Å². The van der Waals surface area contributed by atoms with E-state index in [0.717, 1.165) is 0 Å². The standard InChI is InChI=1S/3Ca.2H3O4P.3Sr.6H/c;;;2*1-5(2,3)4;;;;;;;;;/h;;;2*(H3,1,2,3,4);;;;;;;;;/q3*+2;;;;;;;;;;;/p-6. The first-order valence-corrected chi connectivity index (χ1v) is 4.38. The molecule has 0 aliphatic carbocycles. The molecule has 76 valence electrons. The summed E-state index contributed by atoms with van der Waals surface area (Å²) in [6.07, 6.45) is 0. The van der Waals surface area contributed by atoms with Crippen LogP contribution in [0.2, 0.25) is 0 Å². The van der Waals surface area contributed by atoms with E-state index in [0.29, 0.717) is 0 Å². The van der Waals surface area contributed by atoms with Crippen molar-refractivity contribution < 1.29 is 38.5 Å². The third kappa shape index (κ3) is 145. The Hall–Kier alpha value is 8.44. The molecule has 0 aromatic rings. The molecule has 0 radical (unpaired) electrons. The summed E-state index contributed by atoms with van der Waals surface area (Å²) in [7, 11) is -10.8. The molecule has 0 fully saturated rings. The van der Waals surface area contributed by atoms with Crippen LogP contribution in [0.3, 0.4) is 0 Å². The zero-order valence-electron chi connectivity index (χ0n) is 6.28. The number of hydrogen-bond acceptors (Lipinski definition) is 8. The Kier molecular flexibility index (Phi) is 87.7. The van der Waals surface area contributed by atoms with Gasteiger partial charge in [0.25, 0.3) is 0 Å². The molecule has 0 saturated heterocycles. The van der Waals surface area contributed by atoms with E-state index in [1.165, 1.54) is 0 Å². The van der Waals surface area contributed by atoms with E-state index in [1.807, 2.05) is 0 Å². The zero-order chi connectivity index (χ0) is 9.00. The summed E-state index contributed by atoms with van der Waals surface area (Å²) in [5.74, 6) is 0. The van der Waals surface area contributed by atoms with Crippen LogP contribution in [-0.2, 0) is 9.13 Å². The van der Waals surface area contributed by atoms with E-state index in [4.69, 9.17) is 38.5 Å². The Morgan fingerprint density at radius 3 is 0.500 bits per heavy atom. The average molecular weight is 579 g/mol. The first-order valence-electron chi connectivity index (χ1n) is 1.46. The van der Waals surface area contributed by atoms with Gasteiger partial charge in [0.15, 0.2) is 0 Å². The average Bonchev–Trinajstić information content (AvgIpc) is 1.12.